The molecule has 1 N–H and O–H groups in total. The van der Waals surface area contributed by atoms with Crippen molar-refractivity contribution in [2.45, 2.75) is 13.0 Å². The van der Waals surface area contributed by atoms with Crippen molar-refractivity contribution in [3.8, 4) is 17.2 Å². The van der Waals surface area contributed by atoms with Crippen molar-refractivity contribution in [3.63, 3.8) is 0 Å². The van der Waals surface area contributed by atoms with E-state index in [0.29, 0.717) is 22.8 Å². The number of aryl methyl sites for hydroxylation is 1. The summed E-state index contributed by atoms with van der Waals surface area (Å²) in [5.41, 5.74) is 0.693. The molecule has 0 amide bonds. The zero-order valence-electron chi connectivity index (χ0n) is 12.3. The number of aliphatic hydroxyl groups excluding tert-OH is 1. The lowest BCUT2D eigenvalue weighted by Gasteiger charge is -2.16. The van der Waals surface area contributed by atoms with Crippen LogP contribution >= 0.6 is 27.3 Å². The fourth-order valence-electron chi connectivity index (χ4n) is 2.04. The van der Waals surface area contributed by atoms with E-state index in [1.807, 2.05) is 13.0 Å². The first-order valence-electron chi connectivity index (χ1n) is 6.25. The first-order chi connectivity index (χ1) is 10.0. The van der Waals surface area contributed by atoms with E-state index in [-0.39, 0.29) is 0 Å². The number of rotatable bonds is 5. The second-order valence-electron chi connectivity index (χ2n) is 4.41. The van der Waals surface area contributed by atoms with Crippen molar-refractivity contribution < 1.29 is 19.3 Å². The van der Waals surface area contributed by atoms with Gasteiger partial charge in [-0.05, 0) is 46.6 Å². The predicted molar refractivity (Wildman–Crippen MR) is 86.9 cm³/mol. The molecule has 0 saturated carbocycles. The molecule has 0 fully saturated rings. The molecule has 0 radical (unpaired) electrons. The normalized spacial score (nSPS) is 12.1. The van der Waals surface area contributed by atoms with Gasteiger partial charge in [0.05, 0.1) is 21.3 Å². The molecule has 0 aliphatic heterocycles. The Labute approximate surface area is 136 Å². The van der Waals surface area contributed by atoms with Crippen molar-refractivity contribution in [3.05, 3.63) is 38.0 Å². The van der Waals surface area contributed by atoms with Crippen LogP contribution in [0.1, 0.15) is 21.4 Å². The number of hydrogen-bond donors (Lipinski definition) is 1. The highest BCUT2D eigenvalue weighted by atomic mass is 79.9. The molecule has 1 aromatic heterocycles. The van der Waals surface area contributed by atoms with Gasteiger partial charge >= 0.3 is 0 Å². The fourth-order valence-corrected chi connectivity index (χ4v) is 3.62. The van der Waals surface area contributed by atoms with Crippen LogP contribution in [0.4, 0.5) is 0 Å². The Morgan fingerprint density at radius 2 is 1.62 bits per heavy atom. The highest BCUT2D eigenvalue weighted by Gasteiger charge is 2.20. The molecule has 6 heteroatoms. The van der Waals surface area contributed by atoms with Crippen LogP contribution < -0.4 is 14.2 Å². The van der Waals surface area contributed by atoms with Gasteiger partial charge in [-0.2, -0.15) is 0 Å². The van der Waals surface area contributed by atoms with Crippen molar-refractivity contribution in [2.75, 3.05) is 21.3 Å². The minimum Gasteiger partial charge on any atom is -0.493 e. The van der Waals surface area contributed by atoms with E-state index < -0.39 is 6.10 Å². The van der Waals surface area contributed by atoms with E-state index in [9.17, 15) is 5.11 Å². The Kier molecular flexibility index (Phi) is 5.13. The highest BCUT2D eigenvalue weighted by molar-refractivity contribution is 9.10. The summed E-state index contributed by atoms with van der Waals surface area (Å²) in [6, 6.07) is 5.44. The molecule has 1 aromatic carbocycles. The van der Waals surface area contributed by atoms with Gasteiger partial charge in [-0.3, -0.25) is 0 Å². The molecule has 0 aliphatic rings. The van der Waals surface area contributed by atoms with Gasteiger partial charge in [-0.1, -0.05) is 0 Å². The molecule has 0 bridgehead atoms. The molecular formula is C15H17BrO4S. The van der Waals surface area contributed by atoms with Crippen LogP contribution in [0, 0.1) is 6.92 Å². The van der Waals surface area contributed by atoms with Crippen molar-refractivity contribution in [1.29, 1.82) is 0 Å². The number of benzene rings is 1. The standard InChI is InChI=1S/C15H17BrO4S/c1-8-10(16)7-13(21-8)14(17)9-5-11(18-2)15(20-4)12(6-9)19-3/h5-7,14,17H,1-4H3. The first kappa shape index (κ1) is 16.1. The molecule has 21 heavy (non-hydrogen) atoms. The summed E-state index contributed by atoms with van der Waals surface area (Å²) in [4.78, 5) is 1.98. The topological polar surface area (TPSA) is 47.9 Å². The number of aliphatic hydroxyl groups is 1. The van der Waals surface area contributed by atoms with Gasteiger partial charge < -0.3 is 19.3 Å². The lowest BCUT2D eigenvalue weighted by Crippen LogP contribution is -2.01. The molecule has 1 atom stereocenters. The van der Waals surface area contributed by atoms with E-state index in [1.54, 1.807) is 44.8 Å². The zero-order chi connectivity index (χ0) is 15.6. The summed E-state index contributed by atoms with van der Waals surface area (Å²) in [6.07, 6.45) is -0.742. The van der Waals surface area contributed by atoms with Crippen LogP contribution in [0.2, 0.25) is 0 Å². The predicted octanol–water partition coefficient (Wildman–Crippen LogP) is 3.93. The lowest BCUT2D eigenvalue weighted by molar-refractivity contribution is 0.222. The van der Waals surface area contributed by atoms with Gasteiger partial charge in [0.15, 0.2) is 11.5 Å². The summed E-state index contributed by atoms with van der Waals surface area (Å²) in [7, 11) is 4.66. The molecule has 2 rings (SSSR count). The van der Waals surface area contributed by atoms with Gasteiger partial charge in [-0.25, -0.2) is 0 Å². The molecule has 1 heterocycles. The molecule has 4 nitrogen and oxygen atoms in total. The monoisotopic (exact) mass is 372 g/mol. The second kappa shape index (κ2) is 6.68. The first-order valence-corrected chi connectivity index (χ1v) is 7.86. The van der Waals surface area contributed by atoms with E-state index >= 15 is 0 Å². The average Bonchev–Trinajstić information content (AvgIpc) is 2.84. The van der Waals surface area contributed by atoms with Crippen LogP contribution in [0.15, 0.2) is 22.7 Å². The quantitative estimate of drug-likeness (QED) is 0.863. The van der Waals surface area contributed by atoms with Gasteiger partial charge in [0.2, 0.25) is 5.75 Å². The van der Waals surface area contributed by atoms with Gasteiger partial charge in [0.25, 0.3) is 0 Å². The summed E-state index contributed by atoms with van der Waals surface area (Å²) in [6.45, 7) is 2.00. The molecule has 0 spiro atoms. The lowest BCUT2D eigenvalue weighted by atomic mass is 10.1. The Hall–Kier alpha value is -1.24. The number of methoxy groups -OCH3 is 3. The molecular weight excluding hydrogens is 356 g/mol. The Morgan fingerprint density at radius 1 is 1.05 bits per heavy atom. The van der Waals surface area contributed by atoms with E-state index in [2.05, 4.69) is 15.9 Å². The maximum atomic E-state index is 10.6. The van der Waals surface area contributed by atoms with Crippen LogP contribution in [0.25, 0.3) is 0 Å². The van der Waals surface area contributed by atoms with Crippen molar-refractivity contribution in [2.24, 2.45) is 0 Å². The third-order valence-corrected chi connectivity index (χ3v) is 5.34. The van der Waals surface area contributed by atoms with E-state index in [4.69, 9.17) is 14.2 Å². The maximum absolute atomic E-state index is 10.6. The highest BCUT2D eigenvalue weighted by Crippen LogP contribution is 2.42. The smallest absolute Gasteiger partial charge is 0.203 e. The van der Waals surface area contributed by atoms with Crippen LogP contribution in [0.3, 0.4) is 0 Å². The maximum Gasteiger partial charge on any atom is 0.203 e. The van der Waals surface area contributed by atoms with Crippen LogP contribution in [-0.2, 0) is 0 Å². The number of ether oxygens (including phenoxy) is 3. The zero-order valence-corrected chi connectivity index (χ0v) is 14.7. The molecule has 0 aliphatic carbocycles. The van der Waals surface area contributed by atoms with Gasteiger partial charge in [-0.15, -0.1) is 11.3 Å². The molecule has 0 saturated heterocycles. The molecule has 2 aromatic rings. The van der Waals surface area contributed by atoms with Crippen LogP contribution in [0.5, 0.6) is 17.2 Å². The minimum atomic E-state index is -0.742. The molecule has 1 unspecified atom stereocenters. The SMILES string of the molecule is COc1cc(C(O)c2cc(Br)c(C)s2)cc(OC)c1OC. The van der Waals surface area contributed by atoms with Gasteiger partial charge in [0, 0.05) is 14.2 Å². The summed E-state index contributed by atoms with van der Waals surface area (Å²) >= 11 is 5.01. The van der Waals surface area contributed by atoms with Crippen molar-refractivity contribution >= 4 is 27.3 Å². The Bertz CT molecular complexity index is 594. The minimum absolute atomic E-state index is 0.513. The Morgan fingerprint density at radius 3 is 2.00 bits per heavy atom. The third-order valence-electron chi connectivity index (χ3n) is 3.15. The van der Waals surface area contributed by atoms with E-state index in [0.717, 1.165) is 14.2 Å². The van der Waals surface area contributed by atoms with E-state index in [1.165, 1.54) is 0 Å². The summed E-state index contributed by atoms with van der Waals surface area (Å²) in [5.74, 6) is 1.57. The largest absolute Gasteiger partial charge is 0.493 e. The number of hydrogen-bond acceptors (Lipinski definition) is 5. The van der Waals surface area contributed by atoms with Crippen LogP contribution in [-0.4, -0.2) is 26.4 Å². The summed E-state index contributed by atoms with van der Waals surface area (Å²) in [5, 5.41) is 10.6. The van der Waals surface area contributed by atoms with Gasteiger partial charge in [0.1, 0.15) is 6.10 Å². The average molecular weight is 373 g/mol. The number of halogens is 1. The summed E-state index contributed by atoms with van der Waals surface area (Å²) < 4.78 is 16.9. The number of thiophene rings is 1. The fraction of sp³-hybridized carbons (Fsp3) is 0.333. The third kappa shape index (κ3) is 3.17. The second-order valence-corrected chi connectivity index (χ2v) is 6.56. The molecule has 114 valence electrons. The van der Waals surface area contributed by atoms with Crippen molar-refractivity contribution in [1.82, 2.24) is 0 Å². The Balaban J connectivity index is 2.48.